The van der Waals surface area contributed by atoms with Gasteiger partial charge in [-0.3, -0.25) is 0 Å². The highest BCUT2D eigenvalue weighted by molar-refractivity contribution is 5.80. The van der Waals surface area contributed by atoms with Crippen LogP contribution in [0.1, 0.15) is 25.8 Å². The van der Waals surface area contributed by atoms with Gasteiger partial charge in [-0.1, -0.05) is 18.2 Å². The molecule has 29 heavy (non-hydrogen) atoms. The van der Waals surface area contributed by atoms with Crippen LogP contribution >= 0.6 is 0 Å². The van der Waals surface area contributed by atoms with Gasteiger partial charge in [0, 0.05) is 37.5 Å². The first-order chi connectivity index (χ1) is 14.2. The predicted molar refractivity (Wildman–Crippen MR) is 118 cm³/mol. The third-order valence-electron chi connectivity index (χ3n) is 4.94. The van der Waals surface area contributed by atoms with Gasteiger partial charge in [-0.15, -0.1) is 0 Å². The molecule has 1 heterocycles. The van der Waals surface area contributed by atoms with Crippen LogP contribution in [0.3, 0.4) is 0 Å². The van der Waals surface area contributed by atoms with Crippen LogP contribution in [0.2, 0.25) is 0 Å². The van der Waals surface area contributed by atoms with E-state index >= 15 is 0 Å². The molecule has 0 saturated heterocycles. The molecule has 0 aliphatic rings. The van der Waals surface area contributed by atoms with E-state index in [1.807, 2.05) is 31.2 Å². The van der Waals surface area contributed by atoms with Crippen LogP contribution in [0, 0.1) is 0 Å². The molecule has 5 heteroatoms. The van der Waals surface area contributed by atoms with Crippen molar-refractivity contribution in [2.45, 2.75) is 39.3 Å². The Bertz CT molecular complexity index is 891. The Balaban J connectivity index is 1.46. The lowest BCUT2D eigenvalue weighted by molar-refractivity contribution is 0.272. The number of nitrogens with one attached hydrogen (secondary N) is 1. The van der Waals surface area contributed by atoms with E-state index in [2.05, 4.69) is 47.3 Å². The van der Waals surface area contributed by atoms with Crippen LogP contribution in [-0.4, -0.2) is 42.1 Å². The molecule has 0 spiro atoms. The summed E-state index contributed by atoms with van der Waals surface area (Å²) in [7, 11) is 0. The number of hydrogen-bond acceptors (Lipinski definition) is 4. The summed E-state index contributed by atoms with van der Waals surface area (Å²) in [4.78, 5) is 0. The molecule has 0 unspecified atom stereocenters. The zero-order valence-electron chi connectivity index (χ0n) is 17.4. The molecule has 0 fully saturated rings. The number of nitrogens with zero attached hydrogens (tertiary/aromatic N) is 1. The summed E-state index contributed by atoms with van der Waals surface area (Å²) in [5.74, 6) is 1.59. The molecule has 5 nitrogen and oxygen atoms in total. The lowest BCUT2D eigenvalue weighted by Crippen LogP contribution is -2.31. The Kier molecular flexibility index (Phi) is 7.96. The number of benzene rings is 2. The smallest absolute Gasteiger partial charge is 0.161 e. The normalized spacial score (nSPS) is 12.2. The van der Waals surface area contributed by atoms with Gasteiger partial charge >= 0.3 is 0 Å². The number of aliphatic hydroxyl groups excluding tert-OH is 1. The second-order valence-corrected chi connectivity index (χ2v) is 7.27. The summed E-state index contributed by atoms with van der Waals surface area (Å²) in [6.07, 6.45) is 3.85. The van der Waals surface area contributed by atoms with Gasteiger partial charge in [0.15, 0.2) is 11.5 Å². The van der Waals surface area contributed by atoms with Gasteiger partial charge in [-0.05, 0) is 68.0 Å². The molecular weight excluding hydrogens is 364 g/mol. The maximum Gasteiger partial charge on any atom is 0.161 e. The second kappa shape index (κ2) is 10.9. The maximum atomic E-state index is 9.04. The lowest BCUT2D eigenvalue weighted by Gasteiger charge is -2.16. The monoisotopic (exact) mass is 396 g/mol. The highest BCUT2D eigenvalue weighted by atomic mass is 16.5. The van der Waals surface area contributed by atoms with Crippen LogP contribution < -0.4 is 14.8 Å². The number of aromatic nitrogens is 1. The summed E-state index contributed by atoms with van der Waals surface area (Å²) >= 11 is 0. The Morgan fingerprint density at radius 3 is 2.62 bits per heavy atom. The summed E-state index contributed by atoms with van der Waals surface area (Å²) in [5, 5.41) is 13.8. The van der Waals surface area contributed by atoms with Crippen molar-refractivity contribution in [1.29, 1.82) is 0 Å². The van der Waals surface area contributed by atoms with Crippen molar-refractivity contribution in [3.63, 3.8) is 0 Å². The molecule has 0 aliphatic heterocycles. The summed E-state index contributed by atoms with van der Waals surface area (Å²) in [6.45, 7) is 7.26. The highest BCUT2D eigenvalue weighted by Gasteiger charge is 2.07. The van der Waals surface area contributed by atoms with E-state index in [1.165, 1.54) is 16.5 Å². The molecule has 0 amide bonds. The zero-order chi connectivity index (χ0) is 20.5. The first kappa shape index (κ1) is 21.2. The van der Waals surface area contributed by atoms with Crippen molar-refractivity contribution in [2.75, 3.05) is 26.4 Å². The van der Waals surface area contributed by atoms with E-state index in [0.717, 1.165) is 37.4 Å². The summed E-state index contributed by atoms with van der Waals surface area (Å²) in [6, 6.07) is 16.9. The SMILES string of the molecule is CCOc1ccccc1OCCN[C@H](C)Cc1ccc2c(ccn2CCCO)c1. The van der Waals surface area contributed by atoms with Crippen molar-refractivity contribution in [2.24, 2.45) is 0 Å². The topological polar surface area (TPSA) is 55.7 Å². The number of ether oxygens (including phenoxy) is 2. The molecule has 2 aromatic carbocycles. The quantitative estimate of drug-likeness (QED) is 0.454. The Labute approximate surface area is 173 Å². The fourth-order valence-corrected chi connectivity index (χ4v) is 3.55. The standard InChI is InChI=1S/C24H32N2O3/c1-3-28-23-7-4-5-8-24(23)29-16-12-25-19(2)17-20-9-10-22-21(18-20)11-14-26(22)13-6-15-27/h4-5,7-11,14,18-19,25,27H,3,6,12-13,15-17H2,1-2H3/t19-/m1/s1. The number of aryl methyl sites for hydroxylation is 1. The molecular formula is C24H32N2O3. The van der Waals surface area contributed by atoms with Gasteiger partial charge in [0.2, 0.25) is 0 Å². The van der Waals surface area contributed by atoms with Crippen LogP contribution in [0.25, 0.3) is 10.9 Å². The number of rotatable bonds is 12. The first-order valence-electron chi connectivity index (χ1n) is 10.5. The van der Waals surface area contributed by atoms with E-state index < -0.39 is 0 Å². The van der Waals surface area contributed by atoms with Gasteiger partial charge in [-0.2, -0.15) is 0 Å². The third-order valence-corrected chi connectivity index (χ3v) is 4.94. The van der Waals surface area contributed by atoms with Crippen molar-refractivity contribution < 1.29 is 14.6 Å². The first-order valence-corrected chi connectivity index (χ1v) is 10.5. The van der Waals surface area contributed by atoms with Crippen LogP contribution in [-0.2, 0) is 13.0 Å². The molecule has 3 aromatic rings. The molecule has 0 radical (unpaired) electrons. The van der Waals surface area contributed by atoms with Crippen LogP contribution in [0.5, 0.6) is 11.5 Å². The van der Waals surface area contributed by atoms with Gasteiger partial charge in [0.1, 0.15) is 6.61 Å². The van der Waals surface area contributed by atoms with Crippen molar-refractivity contribution in [1.82, 2.24) is 9.88 Å². The number of aliphatic hydroxyl groups is 1. The van der Waals surface area contributed by atoms with Crippen molar-refractivity contribution in [3.8, 4) is 11.5 Å². The van der Waals surface area contributed by atoms with Crippen molar-refractivity contribution in [3.05, 3.63) is 60.3 Å². The molecule has 2 N–H and O–H groups in total. The molecule has 1 atom stereocenters. The van der Waals surface area contributed by atoms with E-state index in [4.69, 9.17) is 14.6 Å². The van der Waals surface area contributed by atoms with E-state index in [0.29, 0.717) is 19.3 Å². The minimum Gasteiger partial charge on any atom is -0.490 e. The molecule has 0 bridgehead atoms. The van der Waals surface area contributed by atoms with E-state index in [-0.39, 0.29) is 6.61 Å². The molecule has 1 aromatic heterocycles. The van der Waals surface area contributed by atoms with Crippen LogP contribution in [0.15, 0.2) is 54.7 Å². The van der Waals surface area contributed by atoms with E-state index in [1.54, 1.807) is 0 Å². The Morgan fingerprint density at radius 2 is 1.86 bits per heavy atom. The average Bonchev–Trinajstić information content (AvgIpc) is 3.13. The fraction of sp³-hybridized carbons (Fsp3) is 0.417. The summed E-state index contributed by atoms with van der Waals surface area (Å²) in [5.41, 5.74) is 2.55. The number of hydrogen-bond donors (Lipinski definition) is 2. The highest BCUT2D eigenvalue weighted by Crippen LogP contribution is 2.26. The third kappa shape index (κ3) is 5.99. The molecule has 0 saturated carbocycles. The van der Waals surface area contributed by atoms with Gasteiger partial charge in [0.05, 0.1) is 6.61 Å². The Hall–Kier alpha value is -2.50. The fourth-order valence-electron chi connectivity index (χ4n) is 3.55. The minimum absolute atomic E-state index is 0.224. The number of fused-ring (bicyclic) bond motifs is 1. The largest absolute Gasteiger partial charge is 0.490 e. The molecule has 3 rings (SSSR count). The van der Waals surface area contributed by atoms with E-state index in [9.17, 15) is 0 Å². The zero-order valence-corrected chi connectivity index (χ0v) is 17.4. The second-order valence-electron chi connectivity index (χ2n) is 7.27. The maximum absolute atomic E-state index is 9.04. The summed E-state index contributed by atoms with van der Waals surface area (Å²) < 4.78 is 13.7. The lowest BCUT2D eigenvalue weighted by atomic mass is 10.1. The minimum atomic E-state index is 0.224. The average molecular weight is 397 g/mol. The number of para-hydroxylation sites is 2. The van der Waals surface area contributed by atoms with Gasteiger partial charge in [-0.25, -0.2) is 0 Å². The van der Waals surface area contributed by atoms with Gasteiger partial charge in [0.25, 0.3) is 0 Å². The molecule has 0 aliphatic carbocycles. The molecule has 156 valence electrons. The predicted octanol–water partition coefficient (Wildman–Crippen LogP) is 4.02. The van der Waals surface area contributed by atoms with Gasteiger partial charge < -0.3 is 24.5 Å². The van der Waals surface area contributed by atoms with Crippen molar-refractivity contribution >= 4 is 10.9 Å². The van der Waals surface area contributed by atoms with Crippen LogP contribution in [0.4, 0.5) is 0 Å². The Morgan fingerprint density at radius 1 is 1.07 bits per heavy atom.